The van der Waals surface area contributed by atoms with Gasteiger partial charge in [-0.1, -0.05) is 6.42 Å². The highest BCUT2D eigenvalue weighted by Gasteiger charge is 2.17. The average molecular weight is 358 g/mol. The molecular formula is C19H30N6O. The summed E-state index contributed by atoms with van der Waals surface area (Å²) in [6.07, 6.45) is 7.63. The normalized spacial score (nSPS) is 18.3. The molecule has 1 fully saturated rings. The third-order valence-electron chi connectivity index (χ3n) is 5.48. The molecule has 142 valence electrons. The molecule has 7 nitrogen and oxygen atoms in total. The van der Waals surface area contributed by atoms with Gasteiger partial charge in [-0.25, -0.2) is 9.50 Å². The Bertz CT molecular complexity index is 756. The van der Waals surface area contributed by atoms with Crippen LogP contribution >= 0.6 is 0 Å². The number of amides is 1. The summed E-state index contributed by atoms with van der Waals surface area (Å²) >= 11 is 0. The molecule has 0 saturated carbocycles. The van der Waals surface area contributed by atoms with E-state index in [9.17, 15) is 4.79 Å². The summed E-state index contributed by atoms with van der Waals surface area (Å²) in [5.41, 5.74) is 3.02. The monoisotopic (exact) mass is 358 g/mol. The molecule has 26 heavy (non-hydrogen) atoms. The van der Waals surface area contributed by atoms with Gasteiger partial charge in [-0.2, -0.15) is 10.1 Å². The van der Waals surface area contributed by atoms with Crippen LogP contribution in [0.3, 0.4) is 0 Å². The number of hydrogen-bond acceptors (Lipinski definition) is 5. The van der Waals surface area contributed by atoms with Crippen LogP contribution in [-0.4, -0.2) is 56.1 Å². The Balaban J connectivity index is 1.43. The molecule has 7 heteroatoms. The second kappa shape index (κ2) is 8.58. The number of aryl methyl sites for hydroxylation is 2. The second-order valence-electron chi connectivity index (χ2n) is 7.32. The summed E-state index contributed by atoms with van der Waals surface area (Å²) in [4.78, 5) is 23.3. The predicted molar refractivity (Wildman–Crippen MR) is 101 cm³/mol. The van der Waals surface area contributed by atoms with Crippen LogP contribution in [0.25, 0.3) is 5.78 Å². The standard InChI is InChI=1S/C19H30N6O/c1-14-7-4-5-11-24(14)12-6-10-20-18(26)9-8-17-15(2)23-19-21-13-22-25(19)16(17)3/h13-14H,4-12H2,1-3H3,(H,20,26). The molecule has 3 rings (SSSR count). The van der Waals surface area contributed by atoms with Crippen molar-refractivity contribution in [3.05, 3.63) is 23.3 Å². The van der Waals surface area contributed by atoms with E-state index in [0.29, 0.717) is 24.7 Å². The Morgan fingerprint density at radius 2 is 2.19 bits per heavy atom. The average Bonchev–Trinajstić information content (AvgIpc) is 3.08. The van der Waals surface area contributed by atoms with E-state index in [1.54, 1.807) is 4.52 Å². The van der Waals surface area contributed by atoms with E-state index in [1.807, 2.05) is 13.8 Å². The van der Waals surface area contributed by atoms with E-state index >= 15 is 0 Å². The molecule has 1 atom stereocenters. The molecule has 2 aromatic heterocycles. The molecule has 1 unspecified atom stereocenters. The smallest absolute Gasteiger partial charge is 0.252 e. The molecule has 1 saturated heterocycles. The van der Waals surface area contributed by atoms with Gasteiger partial charge in [0.2, 0.25) is 5.91 Å². The maximum absolute atomic E-state index is 12.2. The highest BCUT2D eigenvalue weighted by Crippen LogP contribution is 2.16. The van der Waals surface area contributed by atoms with Gasteiger partial charge in [0.25, 0.3) is 5.78 Å². The highest BCUT2D eigenvalue weighted by molar-refractivity contribution is 5.76. The van der Waals surface area contributed by atoms with Crippen LogP contribution < -0.4 is 5.32 Å². The highest BCUT2D eigenvalue weighted by atomic mass is 16.1. The van der Waals surface area contributed by atoms with E-state index in [2.05, 4.69) is 32.2 Å². The number of likely N-dealkylation sites (tertiary alicyclic amines) is 1. The summed E-state index contributed by atoms with van der Waals surface area (Å²) in [5, 5.41) is 7.25. The Hall–Kier alpha value is -2.02. The lowest BCUT2D eigenvalue weighted by Gasteiger charge is -2.33. The molecule has 0 aliphatic carbocycles. The van der Waals surface area contributed by atoms with Gasteiger partial charge in [-0.05, 0) is 58.6 Å². The Kier molecular flexibility index (Phi) is 6.19. The number of rotatable bonds is 7. The van der Waals surface area contributed by atoms with Gasteiger partial charge in [0.15, 0.2) is 0 Å². The number of fused-ring (bicyclic) bond motifs is 1. The predicted octanol–water partition coefficient (Wildman–Crippen LogP) is 2.05. The fourth-order valence-electron chi connectivity index (χ4n) is 3.84. The Morgan fingerprint density at radius 1 is 1.35 bits per heavy atom. The molecule has 3 heterocycles. The SMILES string of the molecule is Cc1nc2ncnn2c(C)c1CCC(=O)NCCCN1CCCCC1C. The molecule has 2 aromatic rings. The van der Waals surface area contributed by atoms with Gasteiger partial charge in [0.1, 0.15) is 6.33 Å². The van der Waals surface area contributed by atoms with Gasteiger partial charge >= 0.3 is 0 Å². The molecule has 0 radical (unpaired) electrons. The van der Waals surface area contributed by atoms with Crippen LogP contribution in [0, 0.1) is 13.8 Å². The second-order valence-corrected chi connectivity index (χ2v) is 7.32. The van der Waals surface area contributed by atoms with Crippen LogP contribution in [0.5, 0.6) is 0 Å². The molecule has 1 aliphatic heterocycles. The molecule has 0 bridgehead atoms. The van der Waals surface area contributed by atoms with Crippen LogP contribution in [0.2, 0.25) is 0 Å². The number of hydrogen-bond donors (Lipinski definition) is 1. The number of carbonyl (C=O) groups excluding carboxylic acids is 1. The van der Waals surface area contributed by atoms with Crippen LogP contribution in [0.15, 0.2) is 6.33 Å². The zero-order chi connectivity index (χ0) is 18.5. The van der Waals surface area contributed by atoms with E-state index in [-0.39, 0.29) is 5.91 Å². The van der Waals surface area contributed by atoms with Crippen molar-refractivity contribution in [1.29, 1.82) is 0 Å². The van der Waals surface area contributed by atoms with Crippen molar-refractivity contribution in [2.45, 2.75) is 65.3 Å². The minimum Gasteiger partial charge on any atom is -0.356 e. The third-order valence-corrected chi connectivity index (χ3v) is 5.48. The number of nitrogens with one attached hydrogen (secondary N) is 1. The third kappa shape index (κ3) is 4.38. The van der Waals surface area contributed by atoms with Crippen molar-refractivity contribution in [1.82, 2.24) is 29.8 Å². The summed E-state index contributed by atoms with van der Waals surface area (Å²) < 4.78 is 1.74. The van der Waals surface area contributed by atoms with Crippen molar-refractivity contribution in [2.75, 3.05) is 19.6 Å². The minimum atomic E-state index is 0.106. The fourth-order valence-corrected chi connectivity index (χ4v) is 3.84. The summed E-state index contributed by atoms with van der Waals surface area (Å²) in [5.74, 6) is 0.717. The number of piperidine rings is 1. The fraction of sp³-hybridized carbons (Fsp3) is 0.684. The maximum atomic E-state index is 12.2. The van der Waals surface area contributed by atoms with Crippen LogP contribution in [0.1, 0.15) is 56.0 Å². The molecule has 0 spiro atoms. The van der Waals surface area contributed by atoms with E-state index < -0.39 is 0 Å². The number of nitrogens with zero attached hydrogens (tertiary/aromatic N) is 5. The lowest BCUT2D eigenvalue weighted by atomic mass is 10.0. The van der Waals surface area contributed by atoms with Crippen molar-refractivity contribution in [3.63, 3.8) is 0 Å². The van der Waals surface area contributed by atoms with Gasteiger partial charge in [0.05, 0.1) is 0 Å². The summed E-state index contributed by atoms with van der Waals surface area (Å²) in [7, 11) is 0. The largest absolute Gasteiger partial charge is 0.356 e. The topological polar surface area (TPSA) is 75.4 Å². The van der Waals surface area contributed by atoms with Gasteiger partial charge < -0.3 is 10.2 Å². The van der Waals surface area contributed by atoms with Gasteiger partial charge in [-0.15, -0.1) is 0 Å². The summed E-state index contributed by atoms with van der Waals surface area (Å²) in [6.45, 7) is 9.30. The van der Waals surface area contributed by atoms with Crippen LogP contribution in [0.4, 0.5) is 0 Å². The van der Waals surface area contributed by atoms with Gasteiger partial charge in [-0.3, -0.25) is 4.79 Å². The quantitative estimate of drug-likeness (QED) is 0.767. The van der Waals surface area contributed by atoms with Crippen LogP contribution in [-0.2, 0) is 11.2 Å². The summed E-state index contributed by atoms with van der Waals surface area (Å²) in [6, 6.07) is 0.685. The van der Waals surface area contributed by atoms with E-state index in [4.69, 9.17) is 0 Å². The zero-order valence-corrected chi connectivity index (χ0v) is 16.2. The van der Waals surface area contributed by atoms with Gasteiger partial charge in [0, 0.05) is 36.9 Å². The van der Waals surface area contributed by atoms with E-state index in [1.165, 1.54) is 32.1 Å². The lowest BCUT2D eigenvalue weighted by Crippen LogP contribution is -2.39. The first-order valence-electron chi connectivity index (χ1n) is 9.73. The van der Waals surface area contributed by atoms with Crippen molar-refractivity contribution >= 4 is 11.7 Å². The zero-order valence-electron chi connectivity index (χ0n) is 16.2. The first-order chi connectivity index (χ1) is 12.6. The molecular weight excluding hydrogens is 328 g/mol. The van der Waals surface area contributed by atoms with Crippen molar-refractivity contribution in [3.8, 4) is 0 Å². The minimum absolute atomic E-state index is 0.106. The molecule has 1 amide bonds. The van der Waals surface area contributed by atoms with E-state index in [0.717, 1.165) is 36.5 Å². The Morgan fingerprint density at radius 3 is 3.00 bits per heavy atom. The van der Waals surface area contributed by atoms with Crippen molar-refractivity contribution < 1.29 is 4.79 Å². The van der Waals surface area contributed by atoms with Crippen molar-refractivity contribution in [2.24, 2.45) is 0 Å². The number of carbonyl (C=O) groups is 1. The molecule has 0 aromatic carbocycles. The Labute approximate surface area is 155 Å². The lowest BCUT2D eigenvalue weighted by molar-refractivity contribution is -0.121. The molecule has 1 N–H and O–H groups in total. The first kappa shape index (κ1) is 18.8. The maximum Gasteiger partial charge on any atom is 0.252 e. The molecule has 1 aliphatic rings. The number of aromatic nitrogens is 4. The first-order valence-corrected chi connectivity index (χ1v) is 9.73.